The van der Waals surface area contributed by atoms with Crippen molar-refractivity contribution in [1.82, 2.24) is 4.90 Å². The SMILES string of the molecule is CS(=O)CCN1CC(N)CC1=O. The van der Waals surface area contributed by atoms with Crippen molar-refractivity contribution in [2.24, 2.45) is 5.73 Å². The van der Waals surface area contributed by atoms with Crippen LogP contribution in [-0.2, 0) is 15.6 Å². The number of nitrogens with two attached hydrogens (primary N) is 1. The first-order valence-electron chi connectivity index (χ1n) is 3.93. The van der Waals surface area contributed by atoms with E-state index >= 15 is 0 Å². The Morgan fingerprint density at radius 3 is 2.83 bits per heavy atom. The highest BCUT2D eigenvalue weighted by Crippen LogP contribution is 2.07. The van der Waals surface area contributed by atoms with Gasteiger partial charge in [-0.05, 0) is 0 Å². The molecule has 2 N–H and O–H groups in total. The molecule has 4 nitrogen and oxygen atoms in total. The van der Waals surface area contributed by atoms with E-state index in [0.29, 0.717) is 25.3 Å². The minimum absolute atomic E-state index is 0.0252. The maximum absolute atomic E-state index is 11.1. The average molecular weight is 190 g/mol. The molecule has 0 aliphatic carbocycles. The molecule has 0 spiro atoms. The molecule has 1 saturated heterocycles. The van der Waals surface area contributed by atoms with E-state index < -0.39 is 10.8 Å². The summed E-state index contributed by atoms with van der Waals surface area (Å²) in [4.78, 5) is 12.8. The van der Waals surface area contributed by atoms with E-state index in [-0.39, 0.29) is 11.9 Å². The van der Waals surface area contributed by atoms with Crippen LogP contribution in [0.2, 0.25) is 0 Å². The van der Waals surface area contributed by atoms with Crippen LogP contribution in [0.1, 0.15) is 6.42 Å². The molecule has 1 fully saturated rings. The number of amides is 1. The quantitative estimate of drug-likeness (QED) is 0.616. The van der Waals surface area contributed by atoms with E-state index in [0.717, 1.165) is 0 Å². The first-order valence-corrected chi connectivity index (χ1v) is 5.65. The van der Waals surface area contributed by atoms with Crippen LogP contribution in [0, 0.1) is 0 Å². The average Bonchev–Trinajstić information content (AvgIpc) is 2.26. The lowest BCUT2D eigenvalue weighted by Gasteiger charge is -2.14. The lowest BCUT2D eigenvalue weighted by atomic mass is 10.3. The normalized spacial score (nSPS) is 26.3. The summed E-state index contributed by atoms with van der Waals surface area (Å²) in [6, 6.07) is -0.0252. The molecule has 2 atom stereocenters. The molecule has 12 heavy (non-hydrogen) atoms. The maximum Gasteiger partial charge on any atom is 0.224 e. The molecular weight excluding hydrogens is 176 g/mol. The van der Waals surface area contributed by atoms with Gasteiger partial charge in [0.05, 0.1) is 0 Å². The highest BCUT2D eigenvalue weighted by atomic mass is 32.2. The molecule has 5 heteroatoms. The fourth-order valence-corrected chi connectivity index (χ4v) is 1.74. The van der Waals surface area contributed by atoms with E-state index in [1.165, 1.54) is 0 Å². The van der Waals surface area contributed by atoms with Gasteiger partial charge in [-0.1, -0.05) is 0 Å². The summed E-state index contributed by atoms with van der Waals surface area (Å²) in [5.41, 5.74) is 5.58. The molecule has 70 valence electrons. The van der Waals surface area contributed by atoms with Crippen molar-refractivity contribution < 1.29 is 9.00 Å². The minimum atomic E-state index is -0.822. The molecule has 0 aromatic rings. The summed E-state index contributed by atoms with van der Waals surface area (Å²) in [5.74, 6) is 0.645. The molecule has 1 heterocycles. The van der Waals surface area contributed by atoms with Crippen molar-refractivity contribution in [2.75, 3.05) is 25.1 Å². The van der Waals surface area contributed by atoms with Crippen molar-refractivity contribution >= 4 is 16.7 Å². The maximum atomic E-state index is 11.1. The summed E-state index contributed by atoms with van der Waals surface area (Å²) in [7, 11) is -0.822. The molecule has 1 rings (SSSR count). The summed E-state index contributed by atoms with van der Waals surface area (Å²) < 4.78 is 10.7. The second kappa shape index (κ2) is 4.00. The number of likely N-dealkylation sites (tertiary alicyclic amines) is 1. The third-order valence-electron chi connectivity index (χ3n) is 1.89. The minimum Gasteiger partial charge on any atom is -0.340 e. The topological polar surface area (TPSA) is 63.4 Å². The lowest BCUT2D eigenvalue weighted by molar-refractivity contribution is -0.127. The molecule has 0 radical (unpaired) electrons. The van der Waals surface area contributed by atoms with Crippen LogP contribution in [-0.4, -0.2) is 46.2 Å². The lowest BCUT2D eigenvalue weighted by Crippen LogP contribution is -2.31. The third-order valence-corrected chi connectivity index (χ3v) is 2.65. The van der Waals surface area contributed by atoms with Crippen molar-refractivity contribution in [3.8, 4) is 0 Å². The van der Waals surface area contributed by atoms with Crippen LogP contribution >= 0.6 is 0 Å². The number of hydrogen-bond acceptors (Lipinski definition) is 3. The molecule has 1 aliphatic rings. The number of carbonyl (C=O) groups excluding carboxylic acids is 1. The van der Waals surface area contributed by atoms with E-state index in [2.05, 4.69) is 0 Å². The third kappa shape index (κ3) is 2.57. The van der Waals surface area contributed by atoms with E-state index in [1.807, 2.05) is 0 Å². The molecule has 1 aliphatic heterocycles. The van der Waals surface area contributed by atoms with Crippen LogP contribution < -0.4 is 5.73 Å². The zero-order valence-corrected chi connectivity index (χ0v) is 7.97. The summed E-state index contributed by atoms with van der Waals surface area (Å²) in [5, 5.41) is 0. The van der Waals surface area contributed by atoms with Crippen molar-refractivity contribution in [3.63, 3.8) is 0 Å². The van der Waals surface area contributed by atoms with Crippen molar-refractivity contribution in [3.05, 3.63) is 0 Å². The van der Waals surface area contributed by atoms with E-state index in [9.17, 15) is 9.00 Å². The molecule has 0 aromatic carbocycles. The monoisotopic (exact) mass is 190 g/mol. The van der Waals surface area contributed by atoms with Gasteiger partial charge in [0.25, 0.3) is 0 Å². The van der Waals surface area contributed by atoms with Gasteiger partial charge < -0.3 is 10.6 Å². The number of nitrogens with zero attached hydrogens (tertiary/aromatic N) is 1. The Labute approximate surface area is 74.6 Å². The van der Waals surface area contributed by atoms with Gasteiger partial charge in [0.15, 0.2) is 0 Å². The van der Waals surface area contributed by atoms with Gasteiger partial charge in [0, 0.05) is 48.4 Å². The zero-order chi connectivity index (χ0) is 9.14. The predicted octanol–water partition coefficient (Wildman–Crippen LogP) is -1.08. The zero-order valence-electron chi connectivity index (χ0n) is 7.16. The predicted molar refractivity (Wildman–Crippen MR) is 48.1 cm³/mol. The summed E-state index contributed by atoms with van der Waals surface area (Å²) in [6.07, 6.45) is 2.08. The first-order chi connectivity index (χ1) is 5.59. The van der Waals surface area contributed by atoms with Gasteiger partial charge in [-0.3, -0.25) is 9.00 Å². The van der Waals surface area contributed by atoms with E-state index in [4.69, 9.17) is 5.73 Å². The van der Waals surface area contributed by atoms with Gasteiger partial charge in [-0.15, -0.1) is 0 Å². The number of rotatable bonds is 3. The molecule has 0 bridgehead atoms. The van der Waals surface area contributed by atoms with Crippen LogP contribution in [0.25, 0.3) is 0 Å². The Balaban J connectivity index is 2.33. The fraction of sp³-hybridized carbons (Fsp3) is 0.857. The molecule has 0 saturated carbocycles. The molecule has 2 unspecified atom stereocenters. The summed E-state index contributed by atoms with van der Waals surface area (Å²) >= 11 is 0. The summed E-state index contributed by atoms with van der Waals surface area (Å²) in [6.45, 7) is 1.20. The van der Waals surface area contributed by atoms with Gasteiger partial charge in [-0.25, -0.2) is 0 Å². The second-order valence-corrected chi connectivity index (χ2v) is 4.64. The van der Waals surface area contributed by atoms with Crippen LogP contribution in [0.3, 0.4) is 0 Å². The standard InChI is InChI=1S/C7H14N2O2S/c1-12(11)3-2-9-5-6(8)4-7(9)10/h6H,2-5,8H2,1H3. The molecule has 0 aromatic heterocycles. The first kappa shape index (κ1) is 9.67. The van der Waals surface area contributed by atoms with Crippen LogP contribution in [0.5, 0.6) is 0 Å². The van der Waals surface area contributed by atoms with Gasteiger partial charge in [-0.2, -0.15) is 0 Å². The fourth-order valence-electron chi connectivity index (χ4n) is 1.26. The van der Waals surface area contributed by atoms with Gasteiger partial charge in [0.1, 0.15) is 0 Å². The molecular formula is C7H14N2O2S. The highest BCUT2D eigenvalue weighted by molar-refractivity contribution is 7.84. The second-order valence-electron chi connectivity index (χ2n) is 3.08. The van der Waals surface area contributed by atoms with Crippen LogP contribution in [0.15, 0.2) is 0 Å². The van der Waals surface area contributed by atoms with Crippen molar-refractivity contribution in [2.45, 2.75) is 12.5 Å². The van der Waals surface area contributed by atoms with E-state index in [1.54, 1.807) is 11.2 Å². The van der Waals surface area contributed by atoms with Gasteiger partial charge >= 0.3 is 0 Å². The van der Waals surface area contributed by atoms with Crippen LogP contribution in [0.4, 0.5) is 0 Å². The number of hydrogen-bond donors (Lipinski definition) is 1. The Bertz CT molecular complexity index is 208. The highest BCUT2D eigenvalue weighted by Gasteiger charge is 2.26. The molecule has 1 amide bonds. The van der Waals surface area contributed by atoms with Crippen molar-refractivity contribution in [1.29, 1.82) is 0 Å². The smallest absolute Gasteiger partial charge is 0.224 e. The number of carbonyl (C=O) groups is 1. The Morgan fingerprint density at radius 1 is 1.75 bits per heavy atom. The Hall–Kier alpha value is -0.420. The van der Waals surface area contributed by atoms with Gasteiger partial charge in [0.2, 0.25) is 5.91 Å². The largest absolute Gasteiger partial charge is 0.340 e. The Morgan fingerprint density at radius 2 is 2.42 bits per heavy atom. The Kier molecular flexibility index (Phi) is 3.22.